The van der Waals surface area contributed by atoms with Gasteiger partial charge in [-0.15, -0.1) is 12.3 Å². The van der Waals surface area contributed by atoms with Gasteiger partial charge >= 0.3 is 0 Å². The highest BCUT2D eigenvalue weighted by atomic mass is 32.2. The molecule has 12 heteroatoms. The number of H-pyrrole nitrogens is 1. The maximum absolute atomic E-state index is 14.4. The largest absolute Gasteiger partial charge is 0.493 e. The predicted octanol–water partition coefficient (Wildman–Crippen LogP) is 4.02. The first kappa shape index (κ1) is 28.6. The maximum atomic E-state index is 14.4. The van der Waals surface area contributed by atoms with Gasteiger partial charge in [-0.25, -0.2) is 14.1 Å². The molecule has 2 aromatic heterocycles. The van der Waals surface area contributed by atoms with Crippen molar-refractivity contribution in [2.45, 2.75) is 31.7 Å². The number of nitrogens with one attached hydrogen (secondary N) is 2. The average molecular weight is 545 g/mol. The summed E-state index contributed by atoms with van der Waals surface area (Å²) in [5.74, 6) is 2.25. The second-order valence-electron chi connectivity index (χ2n) is 9.26. The third kappa shape index (κ3) is 6.67. The molecule has 10 nitrogen and oxygen atoms in total. The lowest BCUT2D eigenvalue weighted by Gasteiger charge is -2.32. The summed E-state index contributed by atoms with van der Waals surface area (Å²) in [4.78, 5) is 19.7. The van der Waals surface area contributed by atoms with Gasteiger partial charge in [0.25, 0.3) is 15.9 Å². The van der Waals surface area contributed by atoms with Crippen LogP contribution >= 0.6 is 0 Å². The number of carbonyl (C=O) groups is 1. The predicted molar refractivity (Wildman–Crippen MR) is 144 cm³/mol. The summed E-state index contributed by atoms with van der Waals surface area (Å²) in [6, 6.07) is 8.58. The summed E-state index contributed by atoms with van der Waals surface area (Å²) in [5.41, 5.74) is 0.916. The summed E-state index contributed by atoms with van der Waals surface area (Å²) in [6.45, 7) is 5.44. The minimum Gasteiger partial charge on any atom is -0.493 e. The number of sulfonamides is 1. The number of terminal acetylenes is 1. The SMILES string of the molecule is C#CC1CCCN(c2nc(-c3cc(F)cc(OCC(C)C)c3)ccc2C(=O)NS(=O)(=O)c2ccn[nH]2)C1.N.[HH]. The standard InChI is InChI=1S/C26H28FN5O4S.H3N.H2/c1-4-18-6-5-11-32(15-18)25-22(26(33)31-37(34,35)24-9-10-28-30-24)7-8-23(29-25)19-12-20(27)14-21(13-19)36-16-17(2)3;;/h1,7-10,12-14,17-18H,5-6,11,15-16H2,2-3H3,(H,28,30)(H,31,33);1H3;1H. The number of hydrogen-bond donors (Lipinski definition) is 3. The molecule has 1 unspecified atom stereocenters. The number of amides is 1. The summed E-state index contributed by atoms with van der Waals surface area (Å²) in [5, 5.41) is 5.71. The first-order valence-corrected chi connectivity index (χ1v) is 13.4. The quantitative estimate of drug-likeness (QED) is 0.360. The van der Waals surface area contributed by atoms with Crippen LogP contribution < -0.4 is 20.5 Å². The summed E-state index contributed by atoms with van der Waals surface area (Å²) >= 11 is 0. The van der Waals surface area contributed by atoms with Crippen LogP contribution in [0.4, 0.5) is 10.2 Å². The highest BCUT2D eigenvalue weighted by molar-refractivity contribution is 7.90. The molecule has 1 aliphatic heterocycles. The van der Waals surface area contributed by atoms with Crippen molar-refractivity contribution in [3.63, 3.8) is 0 Å². The molecule has 1 atom stereocenters. The molecule has 4 rings (SSSR count). The lowest BCUT2D eigenvalue weighted by atomic mass is 9.98. The number of pyridine rings is 1. The third-order valence-electron chi connectivity index (χ3n) is 5.82. The molecule has 3 aromatic rings. The van der Waals surface area contributed by atoms with Gasteiger partial charge in [0, 0.05) is 32.1 Å². The summed E-state index contributed by atoms with van der Waals surface area (Å²) < 4.78 is 47.4. The smallest absolute Gasteiger partial charge is 0.281 e. The van der Waals surface area contributed by atoms with E-state index in [-0.39, 0.29) is 35.8 Å². The van der Waals surface area contributed by atoms with E-state index in [0.717, 1.165) is 12.8 Å². The van der Waals surface area contributed by atoms with Gasteiger partial charge in [-0.05, 0) is 49.1 Å². The summed E-state index contributed by atoms with van der Waals surface area (Å²) in [7, 11) is -4.18. The molecule has 0 radical (unpaired) electrons. The normalized spacial score (nSPS) is 15.4. The molecule has 1 aliphatic rings. The molecule has 1 aromatic carbocycles. The van der Waals surface area contributed by atoms with Gasteiger partial charge in [-0.3, -0.25) is 9.89 Å². The van der Waals surface area contributed by atoms with Crippen LogP contribution in [-0.4, -0.2) is 49.2 Å². The molecule has 1 fully saturated rings. The van der Waals surface area contributed by atoms with Crippen molar-refractivity contribution < 1.29 is 23.8 Å². The van der Waals surface area contributed by atoms with Gasteiger partial charge < -0.3 is 15.8 Å². The zero-order valence-electron chi connectivity index (χ0n) is 21.3. The molecule has 5 N–H and O–H groups in total. The molecule has 1 amide bonds. The van der Waals surface area contributed by atoms with E-state index in [1.807, 2.05) is 18.7 Å². The number of ether oxygens (including phenoxy) is 1. The molecule has 0 bridgehead atoms. The lowest BCUT2D eigenvalue weighted by molar-refractivity contribution is 0.0981. The van der Waals surface area contributed by atoms with Crippen LogP contribution in [0.1, 0.15) is 38.5 Å². The molecule has 3 heterocycles. The second-order valence-corrected chi connectivity index (χ2v) is 10.9. The Morgan fingerprint density at radius 3 is 2.82 bits per heavy atom. The highest BCUT2D eigenvalue weighted by Crippen LogP contribution is 2.30. The molecule has 38 heavy (non-hydrogen) atoms. The van der Waals surface area contributed by atoms with Crippen molar-refractivity contribution in [2.75, 3.05) is 24.6 Å². The second kappa shape index (κ2) is 12.1. The molecule has 1 saturated heterocycles. The van der Waals surface area contributed by atoms with Crippen molar-refractivity contribution >= 4 is 21.7 Å². The molecular weight excluding hydrogens is 511 g/mol. The Balaban J connectivity index is 0.00000267. The molecule has 0 spiro atoms. The zero-order chi connectivity index (χ0) is 26.6. The topological polar surface area (TPSA) is 152 Å². The van der Waals surface area contributed by atoms with Crippen LogP contribution in [0.25, 0.3) is 11.3 Å². The monoisotopic (exact) mass is 544 g/mol. The van der Waals surface area contributed by atoms with Crippen molar-refractivity contribution in [3.8, 4) is 29.4 Å². The first-order chi connectivity index (χ1) is 17.7. The average Bonchev–Trinajstić information content (AvgIpc) is 3.43. The summed E-state index contributed by atoms with van der Waals surface area (Å²) in [6.07, 6.45) is 8.55. The number of carbonyl (C=O) groups excluding carboxylic acids is 1. The van der Waals surface area contributed by atoms with E-state index in [9.17, 15) is 17.6 Å². The number of aromatic amines is 1. The van der Waals surface area contributed by atoms with Gasteiger partial charge in [0.1, 0.15) is 17.4 Å². The van der Waals surface area contributed by atoms with Crippen LogP contribution in [-0.2, 0) is 10.0 Å². The fourth-order valence-corrected chi connectivity index (χ4v) is 4.89. The van der Waals surface area contributed by atoms with E-state index in [0.29, 0.717) is 36.7 Å². The Kier molecular flexibility index (Phi) is 9.08. The Labute approximate surface area is 223 Å². The van der Waals surface area contributed by atoms with Crippen LogP contribution in [0.15, 0.2) is 47.6 Å². The van der Waals surface area contributed by atoms with Crippen molar-refractivity contribution in [3.05, 3.63) is 54.0 Å². The number of benzene rings is 1. The number of halogens is 1. The third-order valence-corrected chi connectivity index (χ3v) is 7.08. The Morgan fingerprint density at radius 1 is 1.34 bits per heavy atom. The van der Waals surface area contributed by atoms with Gasteiger partial charge in [0.05, 0.1) is 24.1 Å². The minimum absolute atomic E-state index is 0. The first-order valence-electron chi connectivity index (χ1n) is 11.9. The molecule has 0 saturated carbocycles. The Bertz CT molecular complexity index is 1430. The van der Waals surface area contributed by atoms with Gasteiger partial charge in [0.15, 0.2) is 5.03 Å². The minimum atomic E-state index is -4.18. The Hall–Kier alpha value is -3.95. The number of piperidine rings is 1. The van der Waals surface area contributed by atoms with Gasteiger partial charge in [-0.2, -0.15) is 13.5 Å². The van der Waals surface area contributed by atoms with E-state index < -0.39 is 21.7 Å². The number of rotatable bonds is 8. The van der Waals surface area contributed by atoms with E-state index in [4.69, 9.17) is 11.2 Å². The van der Waals surface area contributed by atoms with Crippen LogP contribution in [0.3, 0.4) is 0 Å². The van der Waals surface area contributed by atoms with Crippen LogP contribution in [0, 0.1) is 30.0 Å². The van der Waals surface area contributed by atoms with Gasteiger partial charge in [-0.1, -0.05) is 13.8 Å². The van der Waals surface area contributed by atoms with Crippen molar-refractivity contribution in [2.24, 2.45) is 11.8 Å². The van der Waals surface area contributed by atoms with E-state index >= 15 is 0 Å². The maximum Gasteiger partial charge on any atom is 0.281 e. The number of nitrogens with zero attached hydrogens (tertiary/aromatic N) is 3. The van der Waals surface area contributed by atoms with Crippen molar-refractivity contribution in [1.29, 1.82) is 0 Å². The van der Waals surface area contributed by atoms with E-state index in [1.165, 1.54) is 30.5 Å². The van der Waals surface area contributed by atoms with E-state index in [1.54, 1.807) is 12.1 Å². The fourth-order valence-electron chi connectivity index (χ4n) is 4.01. The van der Waals surface area contributed by atoms with Crippen molar-refractivity contribution in [1.82, 2.24) is 26.1 Å². The van der Waals surface area contributed by atoms with Crippen LogP contribution in [0.5, 0.6) is 5.75 Å². The zero-order valence-corrected chi connectivity index (χ0v) is 22.1. The molecule has 204 valence electrons. The number of aromatic nitrogens is 3. The number of hydrogen-bond acceptors (Lipinski definition) is 8. The lowest BCUT2D eigenvalue weighted by Crippen LogP contribution is -2.38. The van der Waals surface area contributed by atoms with Crippen LogP contribution in [0.2, 0.25) is 0 Å². The van der Waals surface area contributed by atoms with E-state index in [2.05, 4.69) is 25.8 Å². The number of anilines is 1. The Morgan fingerprint density at radius 2 is 2.13 bits per heavy atom. The molecule has 0 aliphatic carbocycles. The molecular formula is C26H33FN6O4S. The highest BCUT2D eigenvalue weighted by Gasteiger charge is 2.27. The fraction of sp³-hybridized carbons (Fsp3) is 0.346. The van der Waals surface area contributed by atoms with Gasteiger partial charge in [0.2, 0.25) is 0 Å².